The lowest BCUT2D eigenvalue weighted by Gasteiger charge is -2.16. The lowest BCUT2D eigenvalue weighted by molar-refractivity contribution is -0.112. The number of para-hydroxylation sites is 1. The van der Waals surface area contributed by atoms with Gasteiger partial charge in [-0.2, -0.15) is 5.26 Å². The third kappa shape index (κ3) is 7.90. The van der Waals surface area contributed by atoms with Crippen molar-refractivity contribution in [3.8, 4) is 23.3 Å². The minimum atomic E-state index is -0.565. The minimum absolute atomic E-state index is 0.0807. The maximum Gasteiger partial charge on any atom is 0.268 e. The summed E-state index contributed by atoms with van der Waals surface area (Å²) in [6, 6.07) is 13.2. The first kappa shape index (κ1) is 27.9. The van der Waals surface area contributed by atoms with Crippen LogP contribution in [-0.2, 0) is 17.6 Å². The summed E-state index contributed by atoms with van der Waals surface area (Å²) in [5.41, 5.74) is 1.57. The highest BCUT2D eigenvalue weighted by Gasteiger charge is 2.16. The number of anilines is 1. The number of nitrogens with one attached hydrogen (secondary N) is 1. The first-order chi connectivity index (χ1) is 18.0. The predicted molar refractivity (Wildman–Crippen MR) is 148 cm³/mol. The van der Waals surface area contributed by atoms with E-state index in [0.29, 0.717) is 46.3 Å². The number of hydrogen-bond donors (Lipinski definition) is 1. The zero-order valence-corrected chi connectivity index (χ0v) is 23.0. The summed E-state index contributed by atoms with van der Waals surface area (Å²) < 4.78 is 18.3. The molecule has 0 saturated heterocycles. The Morgan fingerprint density at radius 2 is 1.95 bits per heavy atom. The molecule has 1 aromatic heterocycles. The van der Waals surface area contributed by atoms with E-state index in [2.05, 4.69) is 38.0 Å². The molecule has 37 heavy (non-hydrogen) atoms. The number of benzene rings is 2. The summed E-state index contributed by atoms with van der Waals surface area (Å²) in [7, 11) is 0. The molecule has 0 atom stereocenters. The van der Waals surface area contributed by atoms with Gasteiger partial charge in [0.05, 0.1) is 11.1 Å². The van der Waals surface area contributed by atoms with Gasteiger partial charge in [0.2, 0.25) is 5.13 Å². The number of halogens is 1. The van der Waals surface area contributed by atoms with Gasteiger partial charge in [-0.15, -0.1) is 16.8 Å². The second kappa shape index (κ2) is 14.2. The molecule has 0 bridgehead atoms. The summed E-state index contributed by atoms with van der Waals surface area (Å²) in [6.45, 7) is 8.61. The molecule has 0 fully saturated rings. The van der Waals surface area contributed by atoms with Crippen LogP contribution in [0.5, 0.6) is 17.2 Å². The standard InChI is InChI=1S/C27H27BrN4O4S/c1-4-9-19-10-7-8-11-22(19)35-12-13-36-25-21(28)15-18(16-23(25)34-6-3)14-20(17-29)26(33)30-27-32-31-24(5-2)37-27/h4,7-8,10-11,14-16H,1,5-6,9,12-13H2,2-3H3,(H,30,32,33)/b20-14-. The first-order valence-electron chi connectivity index (χ1n) is 11.6. The molecule has 0 spiro atoms. The first-order valence-corrected chi connectivity index (χ1v) is 13.3. The number of carbonyl (C=O) groups is 1. The van der Waals surface area contributed by atoms with E-state index in [0.717, 1.165) is 22.7 Å². The van der Waals surface area contributed by atoms with E-state index in [1.165, 1.54) is 17.4 Å². The average Bonchev–Trinajstić information content (AvgIpc) is 3.35. The second-order valence-corrected chi connectivity index (χ2v) is 9.46. The molecular weight excluding hydrogens is 556 g/mol. The summed E-state index contributed by atoms with van der Waals surface area (Å²) in [6.07, 6.45) is 4.74. The number of nitriles is 1. The molecule has 0 aliphatic carbocycles. The SMILES string of the molecule is C=CCc1ccccc1OCCOc1c(Br)cc(/C=C(/C#N)C(=O)Nc2nnc(CC)s2)cc1OCC. The van der Waals surface area contributed by atoms with Gasteiger partial charge in [-0.3, -0.25) is 10.1 Å². The van der Waals surface area contributed by atoms with Gasteiger partial charge >= 0.3 is 0 Å². The molecule has 0 aliphatic rings. The van der Waals surface area contributed by atoms with Crippen LogP contribution >= 0.6 is 27.3 Å². The molecule has 8 nitrogen and oxygen atoms in total. The van der Waals surface area contributed by atoms with Gasteiger partial charge in [0.1, 0.15) is 35.6 Å². The maximum atomic E-state index is 12.6. The zero-order valence-electron chi connectivity index (χ0n) is 20.6. The number of aryl methyl sites for hydroxylation is 1. The van der Waals surface area contributed by atoms with Crippen molar-refractivity contribution in [2.45, 2.75) is 26.7 Å². The fourth-order valence-corrected chi connectivity index (χ4v) is 4.51. The van der Waals surface area contributed by atoms with Crippen molar-refractivity contribution in [3.63, 3.8) is 0 Å². The van der Waals surface area contributed by atoms with Gasteiger partial charge in [-0.1, -0.05) is 42.5 Å². The fourth-order valence-electron chi connectivity index (χ4n) is 3.27. The van der Waals surface area contributed by atoms with Crippen LogP contribution in [0.25, 0.3) is 6.08 Å². The molecule has 3 aromatic rings. The van der Waals surface area contributed by atoms with Gasteiger partial charge in [0, 0.05) is 0 Å². The maximum absolute atomic E-state index is 12.6. The van der Waals surface area contributed by atoms with E-state index in [-0.39, 0.29) is 12.2 Å². The Bertz CT molecular complexity index is 1320. The molecule has 0 radical (unpaired) electrons. The highest BCUT2D eigenvalue weighted by molar-refractivity contribution is 9.10. The molecule has 3 rings (SSSR count). The Labute approximate surface area is 228 Å². The van der Waals surface area contributed by atoms with E-state index in [4.69, 9.17) is 14.2 Å². The number of nitrogens with zero attached hydrogens (tertiary/aromatic N) is 3. The smallest absolute Gasteiger partial charge is 0.268 e. The van der Waals surface area contributed by atoms with E-state index in [1.807, 2.05) is 50.3 Å². The Kier molecular flexibility index (Phi) is 10.7. The predicted octanol–water partition coefficient (Wildman–Crippen LogP) is 5.99. The van der Waals surface area contributed by atoms with E-state index < -0.39 is 5.91 Å². The number of allylic oxidation sites excluding steroid dienone is 1. The largest absolute Gasteiger partial charge is 0.490 e. The third-order valence-corrected chi connectivity index (χ3v) is 6.49. The van der Waals surface area contributed by atoms with Crippen molar-refractivity contribution in [3.05, 3.63) is 75.2 Å². The van der Waals surface area contributed by atoms with E-state index in [1.54, 1.807) is 12.1 Å². The molecule has 1 amide bonds. The second-order valence-electron chi connectivity index (χ2n) is 7.54. The summed E-state index contributed by atoms with van der Waals surface area (Å²) in [4.78, 5) is 12.6. The van der Waals surface area contributed by atoms with E-state index >= 15 is 0 Å². The lowest BCUT2D eigenvalue weighted by Crippen LogP contribution is -2.13. The van der Waals surface area contributed by atoms with Crippen LogP contribution in [0.3, 0.4) is 0 Å². The van der Waals surface area contributed by atoms with Gasteiger partial charge in [-0.25, -0.2) is 0 Å². The van der Waals surface area contributed by atoms with Crippen molar-refractivity contribution < 1.29 is 19.0 Å². The third-order valence-electron chi connectivity index (χ3n) is 4.92. The summed E-state index contributed by atoms with van der Waals surface area (Å²) in [5, 5.41) is 21.2. The Balaban J connectivity index is 1.71. The molecule has 2 aromatic carbocycles. The average molecular weight is 584 g/mol. The molecule has 0 saturated carbocycles. The topological polar surface area (TPSA) is 106 Å². The van der Waals surface area contributed by atoms with Crippen LogP contribution in [0.2, 0.25) is 0 Å². The number of ether oxygens (including phenoxy) is 3. The number of carbonyl (C=O) groups excluding carboxylic acids is 1. The van der Waals surface area contributed by atoms with Crippen LogP contribution < -0.4 is 19.5 Å². The lowest BCUT2D eigenvalue weighted by atomic mass is 10.1. The quantitative estimate of drug-likeness (QED) is 0.114. The van der Waals surface area contributed by atoms with Crippen molar-refractivity contribution in [1.82, 2.24) is 10.2 Å². The summed E-state index contributed by atoms with van der Waals surface area (Å²) in [5.74, 6) is 1.21. The molecule has 0 aliphatic heterocycles. The zero-order chi connectivity index (χ0) is 26.6. The van der Waals surface area contributed by atoms with Crippen LogP contribution in [0.15, 0.2) is 59.1 Å². The van der Waals surface area contributed by atoms with Crippen LogP contribution in [0.4, 0.5) is 5.13 Å². The van der Waals surface area contributed by atoms with Crippen molar-refractivity contribution in [2.24, 2.45) is 0 Å². The Morgan fingerprint density at radius 1 is 1.16 bits per heavy atom. The molecule has 10 heteroatoms. The van der Waals surface area contributed by atoms with Gasteiger partial charge in [0.25, 0.3) is 5.91 Å². The Hall–Kier alpha value is -3.68. The fraction of sp³-hybridized carbons (Fsp3) is 0.259. The molecule has 1 heterocycles. The Morgan fingerprint density at radius 3 is 2.65 bits per heavy atom. The summed E-state index contributed by atoms with van der Waals surface area (Å²) >= 11 is 4.79. The monoisotopic (exact) mass is 582 g/mol. The van der Waals surface area contributed by atoms with Gasteiger partial charge < -0.3 is 14.2 Å². The minimum Gasteiger partial charge on any atom is -0.490 e. The number of rotatable bonds is 13. The number of aromatic nitrogens is 2. The van der Waals surface area contributed by atoms with Gasteiger partial charge in [-0.05, 0) is 71.1 Å². The van der Waals surface area contributed by atoms with Crippen molar-refractivity contribution in [2.75, 3.05) is 25.1 Å². The van der Waals surface area contributed by atoms with E-state index in [9.17, 15) is 10.1 Å². The normalized spacial score (nSPS) is 10.9. The highest BCUT2D eigenvalue weighted by Crippen LogP contribution is 2.37. The van der Waals surface area contributed by atoms with Crippen LogP contribution in [0, 0.1) is 11.3 Å². The molecular formula is C27H27BrN4O4S. The molecule has 1 N–H and O–H groups in total. The highest BCUT2D eigenvalue weighted by atomic mass is 79.9. The molecule has 0 unspecified atom stereocenters. The van der Waals surface area contributed by atoms with Crippen molar-refractivity contribution in [1.29, 1.82) is 5.26 Å². The van der Waals surface area contributed by atoms with Gasteiger partial charge in [0.15, 0.2) is 11.5 Å². The molecule has 192 valence electrons. The number of hydrogen-bond acceptors (Lipinski definition) is 8. The number of amides is 1. The van der Waals surface area contributed by atoms with Crippen molar-refractivity contribution >= 4 is 44.4 Å². The van der Waals surface area contributed by atoms with Crippen LogP contribution in [-0.4, -0.2) is 35.9 Å². The van der Waals surface area contributed by atoms with Crippen LogP contribution in [0.1, 0.15) is 30.0 Å².